The molecule has 0 aromatic carbocycles. The molecule has 84 valence electrons. The van der Waals surface area contributed by atoms with Gasteiger partial charge in [0.05, 0.1) is 0 Å². The molecule has 2 heteroatoms. The van der Waals surface area contributed by atoms with Gasteiger partial charge in [-0.25, -0.2) is 0 Å². The van der Waals surface area contributed by atoms with E-state index in [-0.39, 0.29) is 5.54 Å². The maximum Gasteiger partial charge on any atom is 0.0467 e. The molecule has 0 aliphatic heterocycles. The number of hydrogen-bond donors (Lipinski definition) is 1. The molecule has 0 bridgehead atoms. The molecule has 0 aromatic heterocycles. The van der Waals surface area contributed by atoms with Gasteiger partial charge >= 0.3 is 0 Å². The number of ether oxygens (including phenoxy) is 1. The maximum atomic E-state index is 5.13. The predicted molar refractivity (Wildman–Crippen MR) is 60.5 cm³/mol. The van der Waals surface area contributed by atoms with Crippen molar-refractivity contribution in [1.29, 1.82) is 0 Å². The summed E-state index contributed by atoms with van der Waals surface area (Å²) in [5.41, 5.74) is 0.805. The first kappa shape index (κ1) is 12.0. The minimum absolute atomic E-state index is 0.255. The Bertz CT molecular complexity index is 185. The lowest BCUT2D eigenvalue weighted by atomic mass is 10.0. The quantitative estimate of drug-likeness (QED) is 0.734. The topological polar surface area (TPSA) is 21.3 Å². The van der Waals surface area contributed by atoms with Crippen LogP contribution in [0.4, 0.5) is 0 Å². The molecule has 1 fully saturated rings. The predicted octanol–water partition coefficient (Wildman–Crippen LogP) is 2.44. The van der Waals surface area contributed by atoms with Crippen LogP contribution in [0.2, 0.25) is 0 Å². The van der Waals surface area contributed by atoms with Crippen molar-refractivity contribution in [2.24, 2.45) is 11.3 Å². The first-order chi connectivity index (χ1) is 6.37. The molecule has 1 aliphatic rings. The summed E-state index contributed by atoms with van der Waals surface area (Å²) >= 11 is 0. The Labute approximate surface area is 88.4 Å². The zero-order chi connectivity index (χ0) is 10.8. The normalized spacial score (nSPS) is 31.9. The van der Waals surface area contributed by atoms with E-state index in [4.69, 9.17) is 4.74 Å². The molecule has 0 aromatic rings. The molecule has 1 rings (SSSR count). The van der Waals surface area contributed by atoms with E-state index in [1.807, 2.05) is 0 Å². The number of nitrogens with one attached hydrogen (secondary N) is 1. The van der Waals surface area contributed by atoms with Gasteiger partial charge in [0, 0.05) is 19.3 Å². The summed E-state index contributed by atoms with van der Waals surface area (Å²) in [6.45, 7) is 11.1. The summed E-state index contributed by atoms with van der Waals surface area (Å²) in [5, 5.41) is 3.57. The largest absolute Gasteiger partial charge is 0.385 e. The molecule has 2 unspecified atom stereocenters. The zero-order valence-electron chi connectivity index (χ0n) is 10.3. The highest BCUT2D eigenvalue weighted by molar-refractivity contribution is 5.00. The van der Waals surface area contributed by atoms with E-state index in [0.717, 1.165) is 19.1 Å². The second-order valence-corrected chi connectivity index (χ2v) is 5.93. The van der Waals surface area contributed by atoms with Crippen molar-refractivity contribution < 1.29 is 4.74 Å². The summed E-state index contributed by atoms with van der Waals surface area (Å²) < 4.78 is 5.13. The molecule has 0 amide bonds. The minimum Gasteiger partial charge on any atom is -0.385 e. The summed E-state index contributed by atoms with van der Waals surface area (Å²) in [7, 11) is 1.79. The highest BCUT2D eigenvalue weighted by Gasteiger charge is 2.48. The van der Waals surface area contributed by atoms with Crippen LogP contribution in [-0.4, -0.2) is 25.8 Å². The molecule has 1 N–H and O–H groups in total. The molecular weight excluding hydrogens is 174 g/mol. The van der Waals surface area contributed by atoms with Gasteiger partial charge in [-0.3, -0.25) is 0 Å². The molecular formula is C12H25NO. The standard InChI is InChI=1S/C12H25NO/c1-11(2,3)13-9-10-8-12(10,4)6-7-14-5/h10,13H,6-9H2,1-5H3. The highest BCUT2D eigenvalue weighted by Crippen LogP contribution is 2.54. The van der Waals surface area contributed by atoms with Gasteiger partial charge in [0.1, 0.15) is 0 Å². The number of methoxy groups -OCH3 is 1. The van der Waals surface area contributed by atoms with E-state index in [0.29, 0.717) is 5.41 Å². The zero-order valence-corrected chi connectivity index (χ0v) is 10.3. The van der Waals surface area contributed by atoms with Gasteiger partial charge in [-0.2, -0.15) is 0 Å². The molecule has 0 heterocycles. The van der Waals surface area contributed by atoms with Crippen LogP contribution in [0.3, 0.4) is 0 Å². The average molecular weight is 199 g/mol. The summed E-state index contributed by atoms with van der Waals surface area (Å²) in [6.07, 6.45) is 2.57. The number of hydrogen-bond acceptors (Lipinski definition) is 2. The molecule has 1 saturated carbocycles. The fourth-order valence-electron chi connectivity index (χ4n) is 1.89. The van der Waals surface area contributed by atoms with Crippen molar-refractivity contribution >= 4 is 0 Å². The Balaban J connectivity index is 2.18. The van der Waals surface area contributed by atoms with E-state index in [1.54, 1.807) is 7.11 Å². The fourth-order valence-corrected chi connectivity index (χ4v) is 1.89. The molecule has 1 aliphatic carbocycles. The molecule has 2 nitrogen and oxygen atoms in total. The molecule has 0 spiro atoms. The van der Waals surface area contributed by atoms with Crippen LogP contribution in [0.1, 0.15) is 40.5 Å². The van der Waals surface area contributed by atoms with E-state index >= 15 is 0 Å². The van der Waals surface area contributed by atoms with Crippen molar-refractivity contribution in [3.05, 3.63) is 0 Å². The first-order valence-corrected chi connectivity index (χ1v) is 5.61. The molecule has 14 heavy (non-hydrogen) atoms. The second kappa shape index (κ2) is 4.19. The summed E-state index contributed by atoms with van der Waals surface area (Å²) in [6, 6.07) is 0. The van der Waals surface area contributed by atoms with Crippen molar-refractivity contribution in [1.82, 2.24) is 5.32 Å². The average Bonchev–Trinajstić information content (AvgIpc) is 2.70. The van der Waals surface area contributed by atoms with Gasteiger partial charge in [0.25, 0.3) is 0 Å². The maximum absolute atomic E-state index is 5.13. The van der Waals surface area contributed by atoms with Crippen molar-refractivity contribution in [2.75, 3.05) is 20.3 Å². The van der Waals surface area contributed by atoms with Crippen molar-refractivity contribution in [2.45, 2.75) is 46.1 Å². The van der Waals surface area contributed by atoms with E-state index in [1.165, 1.54) is 12.8 Å². The van der Waals surface area contributed by atoms with E-state index < -0.39 is 0 Å². The molecule has 0 radical (unpaired) electrons. The van der Waals surface area contributed by atoms with Crippen molar-refractivity contribution in [3.8, 4) is 0 Å². The summed E-state index contributed by atoms with van der Waals surface area (Å²) in [4.78, 5) is 0. The Morgan fingerprint density at radius 3 is 2.57 bits per heavy atom. The van der Waals surface area contributed by atoms with Crippen LogP contribution in [0.25, 0.3) is 0 Å². The van der Waals surface area contributed by atoms with Crippen LogP contribution >= 0.6 is 0 Å². The minimum atomic E-state index is 0.255. The lowest BCUT2D eigenvalue weighted by molar-refractivity contribution is 0.171. The Morgan fingerprint density at radius 2 is 2.07 bits per heavy atom. The fraction of sp³-hybridized carbons (Fsp3) is 1.00. The van der Waals surface area contributed by atoms with Gasteiger partial charge in [-0.15, -0.1) is 0 Å². The van der Waals surface area contributed by atoms with Crippen LogP contribution < -0.4 is 5.32 Å². The van der Waals surface area contributed by atoms with Gasteiger partial charge in [-0.05, 0) is 51.5 Å². The third-order valence-electron chi connectivity index (χ3n) is 3.29. The summed E-state index contributed by atoms with van der Waals surface area (Å²) in [5.74, 6) is 0.858. The third kappa shape index (κ3) is 3.58. The Hall–Kier alpha value is -0.0800. The molecule has 0 saturated heterocycles. The third-order valence-corrected chi connectivity index (χ3v) is 3.29. The van der Waals surface area contributed by atoms with E-state index in [2.05, 4.69) is 33.0 Å². The second-order valence-electron chi connectivity index (χ2n) is 5.93. The molecule has 2 atom stereocenters. The highest BCUT2D eigenvalue weighted by atomic mass is 16.5. The van der Waals surface area contributed by atoms with E-state index in [9.17, 15) is 0 Å². The number of rotatable bonds is 5. The Kier molecular flexibility index (Phi) is 3.59. The van der Waals surface area contributed by atoms with Crippen LogP contribution in [0, 0.1) is 11.3 Å². The van der Waals surface area contributed by atoms with Gasteiger partial charge in [0.15, 0.2) is 0 Å². The van der Waals surface area contributed by atoms with Crippen molar-refractivity contribution in [3.63, 3.8) is 0 Å². The van der Waals surface area contributed by atoms with Gasteiger partial charge in [-0.1, -0.05) is 6.92 Å². The lowest BCUT2D eigenvalue weighted by Gasteiger charge is -2.21. The Morgan fingerprint density at radius 1 is 1.43 bits per heavy atom. The first-order valence-electron chi connectivity index (χ1n) is 5.61. The van der Waals surface area contributed by atoms with Crippen LogP contribution in [0.15, 0.2) is 0 Å². The van der Waals surface area contributed by atoms with Crippen LogP contribution in [0.5, 0.6) is 0 Å². The van der Waals surface area contributed by atoms with Crippen LogP contribution in [-0.2, 0) is 4.74 Å². The van der Waals surface area contributed by atoms with Gasteiger partial charge in [0.2, 0.25) is 0 Å². The lowest BCUT2D eigenvalue weighted by Crippen LogP contribution is -2.37. The smallest absolute Gasteiger partial charge is 0.0467 e. The monoisotopic (exact) mass is 199 g/mol. The SMILES string of the molecule is COCCC1(C)CC1CNC(C)(C)C. The van der Waals surface area contributed by atoms with Gasteiger partial charge < -0.3 is 10.1 Å².